The van der Waals surface area contributed by atoms with Gasteiger partial charge in [0.25, 0.3) is 0 Å². The van der Waals surface area contributed by atoms with Gasteiger partial charge in [0.05, 0.1) is 4.47 Å². The number of nitrogens with zero attached hydrogens (tertiary/aromatic N) is 1. The van der Waals surface area contributed by atoms with Gasteiger partial charge >= 0.3 is 0 Å². The number of hydrogen-bond donors (Lipinski definition) is 2. The van der Waals surface area contributed by atoms with E-state index >= 15 is 0 Å². The second kappa shape index (κ2) is 9.20. The van der Waals surface area contributed by atoms with Crippen molar-refractivity contribution < 1.29 is 4.39 Å². The second-order valence-corrected chi connectivity index (χ2v) is 5.76. The quantitative estimate of drug-likeness (QED) is 0.471. The van der Waals surface area contributed by atoms with Crippen molar-refractivity contribution in [3.05, 3.63) is 34.1 Å². The SMILES string of the molecule is CN=C(NCCSC)NCCc1ccc(F)c(Br)c1. The summed E-state index contributed by atoms with van der Waals surface area (Å²) in [5, 5.41) is 6.46. The van der Waals surface area contributed by atoms with Crippen molar-refractivity contribution in [2.75, 3.05) is 32.1 Å². The first kappa shape index (κ1) is 16.3. The maximum absolute atomic E-state index is 13.1. The standard InChI is InChI=1S/C13H19BrFN3S/c1-16-13(18-7-8-19-2)17-6-5-10-3-4-12(15)11(14)9-10/h3-4,9H,5-8H2,1-2H3,(H2,16,17,18). The Bertz CT molecular complexity index is 426. The Balaban J connectivity index is 2.33. The van der Waals surface area contributed by atoms with E-state index in [-0.39, 0.29) is 5.82 Å². The summed E-state index contributed by atoms with van der Waals surface area (Å²) in [6.07, 6.45) is 2.90. The predicted octanol–water partition coefficient (Wildman–Crippen LogP) is 2.66. The van der Waals surface area contributed by atoms with Crippen molar-refractivity contribution in [2.24, 2.45) is 4.99 Å². The molecule has 0 amide bonds. The van der Waals surface area contributed by atoms with Crippen molar-refractivity contribution in [2.45, 2.75) is 6.42 Å². The summed E-state index contributed by atoms with van der Waals surface area (Å²) in [4.78, 5) is 4.14. The summed E-state index contributed by atoms with van der Waals surface area (Å²) in [5.41, 5.74) is 1.08. The summed E-state index contributed by atoms with van der Waals surface area (Å²) in [6.45, 7) is 1.65. The van der Waals surface area contributed by atoms with E-state index in [0.29, 0.717) is 4.47 Å². The topological polar surface area (TPSA) is 36.4 Å². The molecule has 0 unspecified atom stereocenters. The summed E-state index contributed by atoms with van der Waals surface area (Å²) < 4.78 is 13.6. The van der Waals surface area contributed by atoms with Gasteiger partial charge in [-0.2, -0.15) is 11.8 Å². The van der Waals surface area contributed by atoms with E-state index < -0.39 is 0 Å². The molecular weight excluding hydrogens is 329 g/mol. The molecule has 1 rings (SSSR count). The second-order valence-electron chi connectivity index (χ2n) is 3.92. The lowest BCUT2D eigenvalue weighted by atomic mass is 10.1. The smallest absolute Gasteiger partial charge is 0.191 e. The number of benzene rings is 1. The number of aliphatic imine (C=N–C) groups is 1. The molecular formula is C13H19BrFN3S. The third-order valence-corrected chi connectivity index (χ3v) is 3.73. The van der Waals surface area contributed by atoms with Gasteiger partial charge < -0.3 is 10.6 Å². The van der Waals surface area contributed by atoms with Gasteiger partial charge in [-0.25, -0.2) is 4.39 Å². The van der Waals surface area contributed by atoms with Gasteiger partial charge in [-0.05, 0) is 46.3 Å². The number of thioether (sulfide) groups is 1. The van der Waals surface area contributed by atoms with Crippen molar-refractivity contribution in [1.82, 2.24) is 10.6 Å². The minimum Gasteiger partial charge on any atom is -0.356 e. The normalized spacial score (nSPS) is 11.5. The summed E-state index contributed by atoms with van der Waals surface area (Å²) in [5.74, 6) is 1.62. The van der Waals surface area contributed by atoms with Crippen LogP contribution in [0.15, 0.2) is 27.7 Å². The zero-order valence-corrected chi connectivity index (χ0v) is 13.6. The van der Waals surface area contributed by atoms with E-state index in [9.17, 15) is 4.39 Å². The van der Waals surface area contributed by atoms with Gasteiger partial charge in [0, 0.05) is 25.9 Å². The number of nitrogens with one attached hydrogen (secondary N) is 2. The zero-order valence-electron chi connectivity index (χ0n) is 11.2. The average molecular weight is 348 g/mol. The van der Waals surface area contributed by atoms with Gasteiger partial charge in [-0.3, -0.25) is 4.99 Å². The molecule has 0 bridgehead atoms. The van der Waals surface area contributed by atoms with Crippen molar-refractivity contribution in [3.8, 4) is 0 Å². The van der Waals surface area contributed by atoms with Crippen LogP contribution in [0, 0.1) is 5.82 Å². The average Bonchev–Trinajstić information content (AvgIpc) is 2.41. The van der Waals surface area contributed by atoms with Crippen LogP contribution in [0.2, 0.25) is 0 Å². The fourth-order valence-corrected chi connectivity index (χ4v) is 2.24. The summed E-state index contributed by atoms with van der Waals surface area (Å²) in [6, 6.07) is 5.08. The first-order valence-corrected chi connectivity index (χ1v) is 8.23. The third kappa shape index (κ3) is 6.29. The molecule has 0 saturated carbocycles. The van der Waals surface area contributed by atoms with Crippen LogP contribution in [-0.4, -0.2) is 38.1 Å². The predicted molar refractivity (Wildman–Crippen MR) is 85.6 cm³/mol. The monoisotopic (exact) mass is 347 g/mol. The zero-order chi connectivity index (χ0) is 14.1. The molecule has 0 spiro atoms. The molecule has 0 aliphatic rings. The van der Waals surface area contributed by atoms with Crippen LogP contribution in [0.5, 0.6) is 0 Å². The van der Waals surface area contributed by atoms with Crippen LogP contribution in [0.4, 0.5) is 4.39 Å². The Morgan fingerprint density at radius 1 is 1.37 bits per heavy atom. The van der Waals surface area contributed by atoms with E-state index in [1.54, 1.807) is 30.9 Å². The minimum absolute atomic E-state index is 0.230. The number of halogens is 2. The molecule has 6 heteroatoms. The summed E-state index contributed by atoms with van der Waals surface area (Å²) in [7, 11) is 1.75. The highest BCUT2D eigenvalue weighted by atomic mass is 79.9. The molecule has 19 heavy (non-hydrogen) atoms. The molecule has 3 nitrogen and oxygen atoms in total. The Labute approximate surface area is 126 Å². The van der Waals surface area contributed by atoms with Gasteiger partial charge in [0.15, 0.2) is 5.96 Å². The number of hydrogen-bond acceptors (Lipinski definition) is 2. The molecule has 2 N–H and O–H groups in total. The van der Waals surface area contributed by atoms with Gasteiger partial charge in [-0.15, -0.1) is 0 Å². The van der Waals surface area contributed by atoms with E-state index in [2.05, 4.69) is 37.8 Å². The van der Waals surface area contributed by atoms with E-state index in [0.717, 1.165) is 36.8 Å². The van der Waals surface area contributed by atoms with Gasteiger partial charge in [-0.1, -0.05) is 6.07 Å². The lowest BCUT2D eigenvalue weighted by molar-refractivity contribution is 0.620. The molecule has 0 saturated heterocycles. The van der Waals surface area contributed by atoms with Crippen molar-refractivity contribution in [1.29, 1.82) is 0 Å². The third-order valence-electron chi connectivity index (χ3n) is 2.51. The fraction of sp³-hybridized carbons (Fsp3) is 0.462. The summed E-state index contributed by atoms with van der Waals surface area (Å²) >= 11 is 4.98. The maximum atomic E-state index is 13.1. The van der Waals surface area contributed by atoms with Crippen LogP contribution in [0.25, 0.3) is 0 Å². The number of rotatable bonds is 6. The Morgan fingerprint density at radius 3 is 2.74 bits per heavy atom. The Morgan fingerprint density at radius 2 is 2.11 bits per heavy atom. The van der Waals surface area contributed by atoms with Crippen LogP contribution < -0.4 is 10.6 Å². The van der Waals surface area contributed by atoms with Crippen molar-refractivity contribution in [3.63, 3.8) is 0 Å². The molecule has 0 fully saturated rings. The fourth-order valence-electron chi connectivity index (χ4n) is 1.51. The molecule has 0 aliphatic heterocycles. The van der Waals surface area contributed by atoms with Crippen LogP contribution in [-0.2, 0) is 6.42 Å². The first-order chi connectivity index (χ1) is 9.17. The molecule has 106 valence electrons. The van der Waals surface area contributed by atoms with E-state index in [1.807, 2.05) is 0 Å². The molecule has 0 atom stereocenters. The number of guanidine groups is 1. The molecule has 0 aromatic heterocycles. The Kier molecular flexibility index (Phi) is 7.90. The lowest BCUT2D eigenvalue weighted by Crippen LogP contribution is -2.39. The maximum Gasteiger partial charge on any atom is 0.191 e. The minimum atomic E-state index is -0.230. The largest absolute Gasteiger partial charge is 0.356 e. The molecule has 1 aromatic carbocycles. The first-order valence-electron chi connectivity index (χ1n) is 6.04. The van der Waals surface area contributed by atoms with Crippen molar-refractivity contribution >= 4 is 33.7 Å². The van der Waals surface area contributed by atoms with Crippen LogP contribution in [0.1, 0.15) is 5.56 Å². The van der Waals surface area contributed by atoms with Crippen LogP contribution in [0.3, 0.4) is 0 Å². The highest BCUT2D eigenvalue weighted by molar-refractivity contribution is 9.10. The van der Waals surface area contributed by atoms with Gasteiger partial charge in [0.2, 0.25) is 0 Å². The van der Waals surface area contributed by atoms with E-state index in [4.69, 9.17) is 0 Å². The lowest BCUT2D eigenvalue weighted by Gasteiger charge is -2.11. The molecule has 0 radical (unpaired) electrons. The highest BCUT2D eigenvalue weighted by Crippen LogP contribution is 2.16. The highest BCUT2D eigenvalue weighted by Gasteiger charge is 2.01. The van der Waals surface area contributed by atoms with Gasteiger partial charge in [0.1, 0.15) is 5.82 Å². The molecule has 1 aromatic rings. The van der Waals surface area contributed by atoms with E-state index in [1.165, 1.54) is 6.07 Å². The molecule has 0 aliphatic carbocycles. The van der Waals surface area contributed by atoms with Crippen LogP contribution >= 0.6 is 27.7 Å². The molecule has 0 heterocycles. The Hall–Kier alpha value is -0.750.